The van der Waals surface area contributed by atoms with Crippen molar-refractivity contribution in [2.24, 2.45) is 0 Å². The van der Waals surface area contributed by atoms with E-state index in [2.05, 4.69) is 39.2 Å². The molecule has 1 aliphatic heterocycles. The molecule has 0 N–H and O–H groups in total. The van der Waals surface area contributed by atoms with Crippen LogP contribution >= 0.6 is 0 Å². The van der Waals surface area contributed by atoms with Gasteiger partial charge >= 0.3 is 0 Å². The average molecular weight is 452 g/mol. The second kappa shape index (κ2) is 13.4. The van der Waals surface area contributed by atoms with E-state index in [-0.39, 0.29) is 11.8 Å². The van der Waals surface area contributed by atoms with Crippen LogP contribution in [0.4, 0.5) is 0 Å². The smallest absolute Gasteiger partial charge is 0.274 e. The fraction of sp³-hybridized carbons (Fsp3) is 0.440. The van der Waals surface area contributed by atoms with E-state index in [0.717, 1.165) is 19.6 Å². The third-order valence-corrected chi connectivity index (χ3v) is 5.64. The van der Waals surface area contributed by atoms with Gasteiger partial charge < -0.3 is 14.5 Å². The number of piperazine rings is 1. The zero-order chi connectivity index (χ0) is 23.3. The number of aromatic nitrogens is 2. The zero-order valence-corrected chi connectivity index (χ0v) is 19.3. The van der Waals surface area contributed by atoms with Crippen molar-refractivity contribution in [2.75, 3.05) is 59.5 Å². The summed E-state index contributed by atoms with van der Waals surface area (Å²) in [5.41, 5.74) is 1.48. The number of benzene rings is 1. The molecule has 0 spiro atoms. The van der Waals surface area contributed by atoms with Crippen LogP contribution in [0.15, 0.2) is 55.0 Å². The number of hydrogen-bond donors (Lipinski definition) is 0. The second-order valence-corrected chi connectivity index (χ2v) is 7.97. The Kier molecular flexibility index (Phi) is 10.0. The molecule has 0 bridgehead atoms. The normalized spacial score (nSPS) is 14.5. The lowest BCUT2D eigenvalue weighted by molar-refractivity contribution is -0.133. The van der Waals surface area contributed by atoms with Gasteiger partial charge in [-0.15, -0.1) is 0 Å². The topological polar surface area (TPSA) is 78.9 Å². The molecular weight excluding hydrogens is 418 g/mol. The number of amides is 2. The van der Waals surface area contributed by atoms with Gasteiger partial charge in [0.05, 0.1) is 6.20 Å². The molecule has 2 aromatic rings. The Morgan fingerprint density at radius 2 is 1.88 bits per heavy atom. The highest BCUT2D eigenvalue weighted by molar-refractivity contribution is 5.92. The van der Waals surface area contributed by atoms with E-state index in [1.54, 1.807) is 12.0 Å². The van der Waals surface area contributed by atoms with E-state index >= 15 is 0 Å². The van der Waals surface area contributed by atoms with Crippen LogP contribution in [-0.2, 0) is 9.53 Å². The molecule has 1 saturated heterocycles. The molecule has 2 heterocycles. The molecule has 0 atom stereocenters. The van der Waals surface area contributed by atoms with Crippen LogP contribution in [0.25, 0.3) is 6.08 Å². The molecule has 8 heteroatoms. The minimum atomic E-state index is -0.206. The first-order chi connectivity index (χ1) is 16.2. The highest BCUT2D eigenvalue weighted by Crippen LogP contribution is 2.08. The molecule has 0 saturated carbocycles. The van der Waals surface area contributed by atoms with Gasteiger partial charge in [-0.2, -0.15) is 0 Å². The lowest BCUT2D eigenvalue weighted by Crippen LogP contribution is -2.49. The summed E-state index contributed by atoms with van der Waals surface area (Å²) in [6.07, 6.45) is 9.79. The summed E-state index contributed by atoms with van der Waals surface area (Å²) in [7, 11) is 1.63. The van der Waals surface area contributed by atoms with Crippen molar-refractivity contribution in [2.45, 2.75) is 12.8 Å². The third-order valence-electron chi connectivity index (χ3n) is 5.64. The van der Waals surface area contributed by atoms with E-state index in [0.29, 0.717) is 51.3 Å². The second-order valence-electron chi connectivity index (χ2n) is 7.97. The van der Waals surface area contributed by atoms with Gasteiger partial charge in [0, 0.05) is 78.3 Å². The van der Waals surface area contributed by atoms with Gasteiger partial charge in [0.25, 0.3) is 5.91 Å². The maximum atomic E-state index is 12.8. The summed E-state index contributed by atoms with van der Waals surface area (Å²) in [5, 5.41) is 0. The molecule has 0 unspecified atom stereocenters. The van der Waals surface area contributed by atoms with Crippen molar-refractivity contribution in [1.29, 1.82) is 0 Å². The number of carbonyl (C=O) groups is 2. The van der Waals surface area contributed by atoms with Crippen LogP contribution in [0.2, 0.25) is 0 Å². The van der Waals surface area contributed by atoms with E-state index in [9.17, 15) is 9.59 Å². The molecule has 1 aromatic carbocycles. The van der Waals surface area contributed by atoms with Crippen LogP contribution in [0.3, 0.4) is 0 Å². The van der Waals surface area contributed by atoms with Gasteiger partial charge in [0.2, 0.25) is 5.91 Å². The zero-order valence-electron chi connectivity index (χ0n) is 19.3. The first-order valence-electron chi connectivity index (χ1n) is 11.4. The first-order valence-corrected chi connectivity index (χ1v) is 11.4. The molecule has 1 aliphatic rings. The van der Waals surface area contributed by atoms with E-state index in [1.165, 1.54) is 24.2 Å². The molecule has 0 aliphatic carbocycles. The monoisotopic (exact) mass is 451 g/mol. The minimum Gasteiger partial charge on any atom is -0.385 e. The fourth-order valence-electron chi connectivity index (χ4n) is 3.76. The van der Waals surface area contributed by atoms with Crippen molar-refractivity contribution in [1.82, 2.24) is 24.7 Å². The number of carbonyl (C=O) groups excluding carboxylic acids is 2. The van der Waals surface area contributed by atoms with E-state index < -0.39 is 0 Å². The summed E-state index contributed by atoms with van der Waals surface area (Å²) in [6.45, 7) is 5.41. The van der Waals surface area contributed by atoms with Crippen molar-refractivity contribution >= 4 is 17.9 Å². The van der Waals surface area contributed by atoms with Crippen molar-refractivity contribution in [3.63, 3.8) is 0 Å². The summed E-state index contributed by atoms with van der Waals surface area (Å²) in [5.74, 6) is -0.125. The summed E-state index contributed by atoms with van der Waals surface area (Å²) >= 11 is 0. The number of hydrogen-bond acceptors (Lipinski definition) is 6. The standard InChI is InChI=1S/C25H33N5O3/c1-33-20-6-14-30(25(32)23-21-26-11-12-27-23)15-10-24(31)29-18-16-28(17-19-29)13-5-9-22-7-3-2-4-8-22/h2-5,7-9,11-12,21H,6,10,13-20H2,1H3. The highest BCUT2D eigenvalue weighted by Gasteiger charge is 2.23. The van der Waals surface area contributed by atoms with Gasteiger partial charge in [0.1, 0.15) is 5.69 Å². The lowest BCUT2D eigenvalue weighted by atomic mass is 10.2. The maximum absolute atomic E-state index is 12.8. The van der Waals surface area contributed by atoms with Crippen LogP contribution in [0.5, 0.6) is 0 Å². The molecule has 3 rings (SSSR count). The highest BCUT2D eigenvalue weighted by atomic mass is 16.5. The SMILES string of the molecule is COCCCN(CCC(=O)N1CCN(CC=Cc2ccccc2)CC1)C(=O)c1cnccn1. The van der Waals surface area contributed by atoms with Gasteiger partial charge in [-0.1, -0.05) is 42.5 Å². The third kappa shape index (κ3) is 8.07. The van der Waals surface area contributed by atoms with Crippen molar-refractivity contribution in [3.8, 4) is 0 Å². The van der Waals surface area contributed by atoms with Crippen molar-refractivity contribution in [3.05, 3.63) is 66.3 Å². The molecular formula is C25H33N5O3. The van der Waals surface area contributed by atoms with Crippen LogP contribution in [0, 0.1) is 0 Å². The van der Waals surface area contributed by atoms with E-state index in [4.69, 9.17) is 4.74 Å². The van der Waals surface area contributed by atoms with Crippen LogP contribution < -0.4 is 0 Å². The Morgan fingerprint density at radius 3 is 2.58 bits per heavy atom. The Balaban J connectivity index is 1.44. The van der Waals surface area contributed by atoms with Gasteiger partial charge in [-0.25, -0.2) is 4.98 Å². The fourth-order valence-corrected chi connectivity index (χ4v) is 3.76. The molecule has 8 nitrogen and oxygen atoms in total. The molecule has 33 heavy (non-hydrogen) atoms. The Bertz CT molecular complexity index is 883. The molecule has 0 radical (unpaired) electrons. The Morgan fingerprint density at radius 1 is 1.09 bits per heavy atom. The predicted molar refractivity (Wildman–Crippen MR) is 128 cm³/mol. The van der Waals surface area contributed by atoms with E-state index in [1.807, 2.05) is 23.1 Å². The van der Waals surface area contributed by atoms with Gasteiger partial charge in [-0.05, 0) is 12.0 Å². The van der Waals surface area contributed by atoms with Gasteiger partial charge in [-0.3, -0.25) is 19.5 Å². The number of nitrogens with zero attached hydrogens (tertiary/aromatic N) is 5. The van der Waals surface area contributed by atoms with Crippen LogP contribution in [-0.4, -0.2) is 96.0 Å². The van der Waals surface area contributed by atoms with Crippen LogP contribution in [0.1, 0.15) is 28.9 Å². The minimum absolute atomic E-state index is 0.0816. The first kappa shape index (κ1) is 24.5. The quantitative estimate of drug-likeness (QED) is 0.488. The van der Waals surface area contributed by atoms with Gasteiger partial charge in [0.15, 0.2) is 0 Å². The molecule has 176 valence electrons. The molecule has 1 aromatic heterocycles. The lowest BCUT2D eigenvalue weighted by Gasteiger charge is -2.34. The largest absolute Gasteiger partial charge is 0.385 e. The predicted octanol–water partition coefficient (Wildman–Crippen LogP) is 2.20. The summed E-state index contributed by atoms with van der Waals surface area (Å²) < 4.78 is 5.11. The Labute approximate surface area is 195 Å². The Hall–Kier alpha value is -3.10. The summed E-state index contributed by atoms with van der Waals surface area (Å²) in [4.78, 5) is 39.6. The molecule has 1 fully saturated rings. The van der Waals surface area contributed by atoms with Crippen molar-refractivity contribution < 1.29 is 14.3 Å². The number of ether oxygens (including phenoxy) is 1. The number of rotatable bonds is 11. The average Bonchev–Trinajstić information content (AvgIpc) is 2.87. The molecule has 2 amide bonds. The summed E-state index contributed by atoms with van der Waals surface area (Å²) in [6, 6.07) is 10.2. The number of methoxy groups -OCH3 is 1. The maximum Gasteiger partial charge on any atom is 0.274 e.